The Morgan fingerprint density at radius 3 is 3.00 bits per heavy atom. The van der Waals surface area contributed by atoms with E-state index in [-0.39, 0.29) is 0 Å². The Balaban J connectivity index is 1.99. The molecule has 0 fully saturated rings. The minimum Gasteiger partial charge on any atom is -0.348 e. The van der Waals surface area contributed by atoms with Crippen molar-refractivity contribution in [3.05, 3.63) is 40.6 Å². The van der Waals surface area contributed by atoms with Crippen LogP contribution in [0.3, 0.4) is 0 Å². The maximum atomic E-state index is 4.32. The van der Waals surface area contributed by atoms with Crippen LogP contribution in [0.2, 0.25) is 0 Å². The van der Waals surface area contributed by atoms with Gasteiger partial charge in [-0.15, -0.1) is 11.3 Å². The average Bonchev–Trinajstić information content (AvgIpc) is 3.03. The van der Waals surface area contributed by atoms with Crippen LogP contribution >= 0.6 is 11.3 Å². The molecule has 0 aliphatic rings. The number of thiazole rings is 1. The normalized spacial score (nSPS) is 12.8. The molecule has 0 aromatic carbocycles. The number of hydrogen-bond acceptors (Lipinski definition) is 3. The van der Waals surface area contributed by atoms with Crippen molar-refractivity contribution in [3.8, 4) is 0 Å². The zero-order chi connectivity index (χ0) is 12.8. The Hall–Kier alpha value is -1.13. The first-order valence-electron chi connectivity index (χ1n) is 6.59. The van der Waals surface area contributed by atoms with Crippen molar-refractivity contribution >= 4 is 11.3 Å². The summed E-state index contributed by atoms with van der Waals surface area (Å²) in [5, 5.41) is 5.68. The molecule has 0 spiro atoms. The van der Waals surface area contributed by atoms with Crippen LogP contribution in [0.1, 0.15) is 44.0 Å². The molecule has 1 unspecified atom stereocenters. The van der Waals surface area contributed by atoms with Crippen LogP contribution in [0.5, 0.6) is 0 Å². The van der Waals surface area contributed by atoms with Crippen LogP contribution in [0.15, 0.2) is 29.4 Å². The van der Waals surface area contributed by atoms with Gasteiger partial charge in [0.2, 0.25) is 0 Å². The highest BCUT2D eigenvalue weighted by Crippen LogP contribution is 2.17. The summed E-state index contributed by atoms with van der Waals surface area (Å²) in [6.07, 6.45) is 6.68. The quantitative estimate of drug-likeness (QED) is 0.829. The van der Waals surface area contributed by atoms with E-state index < -0.39 is 0 Å². The largest absolute Gasteiger partial charge is 0.348 e. The summed E-state index contributed by atoms with van der Waals surface area (Å²) in [6, 6.07) is 2.69. The van der Waals surface area contributed by atoms with Crippen LogP contribution in [0, 0.1) is 0 Å². The van der Waals surface area contributed by atoms with E-state index in [4.69, 9.17) is 0 Å². The molecule has 0 aliphatic heterocycles. The zero-order valence-corrected chi connectivity index (χ0v) is 11.9. The predicted molar refractivity (Wildman–Crippen MR) is 77.0 cm³/mol. The zero-order valence-electron chi connectivity index (χ0n) is 11.1. The van der Waals surface area contributed by atoms with Gasteiger partial charge >= 0.3 is 0 Å². The maximum Gasteiger partial charge on any atom is 0.0795 e. The van der Waals surface area contributed by atoms with Gasteiger partial charge in [0, 0.05) is 23.8 Å². The van der Waals surface area contributed by atoms with Gasteiger partial charge in [0.1, 0.15) is 0 Å². The Morgan fingerprint density at radius 2 is 2.33 bits per heavy atom. The van der Waals surface area contributed by atoms with Crippen molar-refractivity contribution in [1.82, 2.24) is 14.9 Å². The minimum atomic E-state index is 0.474. The molecule has 18 heavy (non-hydrogen) atoms. The third-order valence-corrected chi connectivity index (χ3v) is 3.69. The van der Waals surface area contributed by atoms with Gasteiger partial charge in [-0.1, -0.05) is 13.8 Å². The first-order valence-corrected chi connectivity index (χ1v) is 7.53. The molecular formula is C14H21N3S. The number of hydrogen-bond donors (Lipinski definition) is 1. The van der Waals surface area contributed by atoms with Crippen molar-refractivity contribution in [2.24, 2.45) is 0 Å². The molecular weight excluding hydrogens is 242 g/mol. The van der Waals surface area contributed by atoms with E-state index >= 15 is 0 Å². The molecule has 0 amide bonds. The molecule has 1 N–H and O–H groups in total. The van der Waals surface area contributed by atoms with Gasteiger partial charge < -0.3 is 9.88 Å². The second kappa shape index (κ2) is 6.71. The Morgan fingerprint density at radius 1 is 1.44 bits per heavy atom. The Kier molecular flexibility index (Phi) is 4.96. The molecule has 1 atom stereocenters. The minimum absolute atomic E-state index is 0.474. The lowest BCUT2D eigenvalue weighted by Gasteiger charge is -2.14. The summed E-state index contributed by atoms with van der Waals surface area (Å²) < 4.78 is 2.21. The molecule has 0 saturated carbocycles. The third-order valence-electron chi connectivity index (χ3n) is 3.05. The Bertz CT molecular complexity index is 447. The topological polar surface area (TPSA) is 29.9 Å². The van der Waals surface area contributed by atoms with Crippen LogP contribution in [0.4, 0.5) is 0 Å². The lowest BCUT2D eigenvalue weighted by atomic mass is 10.1. The van der Waals surface area contributed by atoms with Gasteiger partial charge in [0.25, 0.3) is 0 Å². The molecule has 2 heterocycles. The molecule has 0 aliphatic carbocycles. The summed E-state index contributed by atoms with van der Waals surface area (Å²) in [5.74, 6) is 0. The van der Waals surface area contributed by atoms with E-state index in [9.17, 15) is 0 Å². The molecule has 4 heteroatoms. The van der Waals surface area contributed by atoms with Gasteiger partial charge in [0.15, 0.2) is 0 Å². The van der Waals surface area contributed by atoms with Crippen LogP contribution in [-0.2, 0) is 6.54 Å². The second-order valence-electron chi connectivity index (χ2n) is 4.51. The van der Waals surface area contributed by atoms with E-state index in [2.05, 4.69) is 52.6 Å². The average molecular weight is 263 g/mol. The van der Waals surface area contributed by atoms with E-state index in [1.165, 1.54) is 12.0 Å². The highest BCUT2D eigenvalue weighted by atomic mass is 32.1. The van der Waals surface area contributed by atoms with Gasteiger partial charge in [-0.05, 0) is 31.0 Å². The van der Waals surface area contributed by atoms with E-state index in [1.54, 1.807) is 11.3 Å². The molecule has 3 nitrogen and oxygen atoms in total. The first-order chi connectivity index (χ1) is 8.83. The van der Waals surface area contributed by atoms with Crippen molar-refractivity contribution < 1.29 is 0 Å². The smallest absolute Gasteiger partial charge is 0.0795 e. The highest BCUT2D eigenvalue weighted by Gasteiger charge is 2.09. The lowest BCUT2D eigenvalue weighted by molar-refractivity contribution is 0.517. The predicted octanol–water partition coefficient (Wildman–Crippen LogP) is 3.44. The van der Waals surface area contributed by atoms with E-state index in [1.807, 2.05) is 5.51 Å². The molecule has 0 bridgehead atoms. The highest BCUT2D eigenvalue weighted by molar-refractivity contribution is 7.07. The molecule has 0 saturated heterocycles. The van der Waals surface area contributed by atoms with Gasteiger partial charge in [-0.3, -0.25) is 0 Å². The van der Waals surface area contributed by atoms with Gasteiger partial charge in [-0.2, -0.15) is 0 Å². The van der Waals surface area contributed by atoms with Crippen molar-refractivity contribution in [2.45, 2.75) is 39.3 Å². The van der Waals surface area contributed by atoms with Gasteiger partial charge in [-0.25, -0.2) is 4.98 Å². The molecule has 2 aromatic rings. The maximum absolute atomic E-state index is 4.32. The molecule has 2 aromatic heterocycles. The summed E-state index contributed by atoms with van der Waals surface area (Å²) in [6.45, 7) is 6.38. The first kappa shape index (κ1) is 13.3. The second-order valence-corrected chi connectivity index (χ2v) is 5.23. The van der Waals surface area contributed by atoms with Crippen molar-refractivity contribution in [2.75, 3.05) is 6.54 Å². The van der Waals surface area contributed by atoms with Crippen LogP contribution in [-0.4, -0.2) is 16.1 Å². The lowest BCUT2D eigenvalue weighted by Crippen LogP contribution is -2.21. The molecule has 2 rings (SSSR count). The van der Waals surface area contributed by atoms with E-state index in [0.29, 0.717) is 6.04 Å². The van der Waals surface area contributed by atoms with Crippen LogP contribution in [0.25, 0.3) is 0 Å². The molecule has 0 radical (unpaired) electrons. The van der Waals surface area contributed by atoms with E-state index in [0.717, 1.165) is 25.2 Å². The fourth-order valence-electron chi connectivity index (χ4n) is 2.08. The van der Waals surface area contributed by atoms with Gasteiger partial charge in [0.05, 0.1) is 17.7 Å². The summed E-state index contributed by atoms with van der Waals surface area (Å²) in [4.78, 5) is 4.32. The number of nitrogens with zero attached hydrogens (tertiary/aromatic N) is 2. The Labute approximate surface area is 113 Å². The standard InChI is InChI=1S/C14H21N3S/c1-3-6-15-14(4-2)12-5-7-17(8-12)9-13-10-18-11-16-13/h5,7-8,10-11,14-15H,3-4,6,9H2,1-2H3. The number of nitrogens with one attached hydrogen (secondary N) is 1. The third kappa shape index (κ3) is 3.43. The molecule has 98 valence electrons. The monoisotopic (exact) mass is 263 g/mol. The summed E-state index contributed by atoms with van der Waals surface area (Å²) in [5.41, 5.74) is 4.40. The SMILES string of the molecule is CCCNC(CC)c1ccn(Cc2cscn2)c1. The fourth-order valence-corrected chi connectivity index (χ4v) is 2.63. The summed E-state index contributed by atoms with van der Waals surface area (Å²) >= 11 is 1.65. The van der Waals surface area contributed by atoms with Crippen molar-refractivity contribution in [3.63, 3.8) is 0 Å². The van der Waals surface area contributed by atoms with Crippen molar-refractivity contribution in [1.29, 1.82) is 0 Å². The number of rotatable bonds is 7. The summed E-state index contributed by atoms with van der Waals surface area (Å²) in [7, 11) is 0. The van der Waals surface area contributed by atoms with Crippen LogP contribution < -0.4 is 5.32 Å². The number of aromatic nitrogens is 2. The fraction of sp³-hybridized carbons (Fsp3) is 0.500.